The molecule has 3 N–H and O–H groups in total. The number of nitrogens with zero attached hydrogens (tertiary/aromatic N) is 1. The van der Waals surface area contributed by atoms with E-state index in [1.807, 2.05) is 4.90 Å². The molecule has 104 valence electrons. The molecule has 1 aliphatic carbocycles. The van der Waals surface area contributed by atoms with Gasteiger partial charge in [-0.15, -0.1) is 0 Å². The lowest BCUT2D eigenvalue weighted by molar-refractivity contribution is 0.0680. The van der Waals surface area contributed by atoms with Gasteiger partial charge in [-0.3, -0.25) is 4.79 Å². The van der Waals surface area contributed by atoms with E-state index in [1.54, 1.807) is 18.2 Å². The number of amides is 1. The molecule has 0 atom stereocenters. The number of nitrogens with two attached hydrogens (primary N) is 1. The summed E-state index contributed by atoms with van der Waals surface area (Å²) in [6, 6.07) is 6.91. The second kappa shape index (κ2) is 6.57. The van der Waals surface area contributed by atoms with Crippen LogP contribution in [-0.2, 0) is 0 Å². The summed E-state index contributed by atoms with van der Waals surface area (Å²) in [5, 5.41) is 9.49. The number of carbonyl (C=O) groups excluding carboxylic acids is 1. The third-order valence-corrected chi connectivity index (χ3v) is 3.72. The van der Waals surface area contributed by atoms with Crippen molar-refractivity contribution in [1.82, 2.24) is 4.90 Å². The van der Waals surface area contributed by atoms with Crippen LogP contribution >= 0.6 is 0 Å². The first kappa shape index (κ1) is 13.9. The summed E-state index contributed by atoms with van der Waals surface area (Å²) < 4.78 is 0. The molecule has 1 saturated carbocycles. The van der Waals surface area contributed by atoms with Crippen LogP contribution in [0.15, 0.2) is 24.3 Å². The molecule has 0 radical (unpaired) electrons. The normalized spacial score (nSPS) is 15.6. The Balaban J connectivity index is 2.14. The summed E-state index contributed by atoms with van der Waals surface area (Å²) in [4.78, 5) is 14.5. The average molecular weight is 262 g/mol. The number of phenols is 1. The summed E-state index contributed by atoms with van der Waals surface area (Å²) in [6.45, 7) is 1.30. The Hall–Kier alpha value is -1.55. The molecule has 19 heavy (non-hydrogen) atoms. The third kappa shape index (κ3) is 3.47. The van der Waals surface area contributed by atoms with Crippen molar-refractivity contribution in [3.8, 4) is 5.75 Å². The molecular weight excluding hydrogens is 240 g/mol. The first-order valence-corrected chi connectivity index (χ1v) is 7.02. The summed E-state index contributed by atoms with van der Waals surface area (Å²) >= 11 is 0. The monoisotopic (exact) mass is 262 g/mol. The largest absolute Gasteiger partial charge is 0.508 e. The van der Waals surface area contributed by atoms with Crippen LogP contribution in [-0.4, -0.2) is 35.0 Å². The van der Waals surface area contributed by atoms with Gasteiger partial charge in [-0.25, -0.2) is 0 Å². The van der Waals surface area contributed by atoms with Crippen LogP contribution in [0.2, 0.25) is 0 Å². The fraction of sp³-hybridized carbons (Fsp3) is 0.533. The molecule has 1 aliphatic rings. The molecule has 4 nitrogen and oxygen atoms in total. The number of phenolic OH excluding ortho intramolecular Hbond substituents is 1. The number of hydrogen-bond acceptors (Lipinski definition) is 3. The Morgan fingerprint density at radius 3 is 2.74 bits per heavy atom. The lowest BCUT2D eigenvalue weighted by Gasteiger charge is -2.29. The van der Waals surface area contributed by atoms with Crippen molar-refractivity contribution in [2.75, 3.05) is 13.1 Å². The van der Waals surface area contributed by atoms with Crippen molar-refractivity contribution in [2.24, 2.45) is 5.73 Å². The van der Waals surface area contributed by atoms with E-state index >= 15 is 0 Å². The third-order valence-electron chi connectivity index (χ3n) is 3.72. The highest BCUT2D eigenvalue weighted by atomic mass is 16.3. The van der Waals surface area contributed by atoms with Crippen molar-refractivity contribution >= 4 is 5.91 Å². The molecule has 0 heterocycles. The Kier molecular flexibility index (Phi) is 4.80. The SMILES string of the molecule is NCCCN(C(=O)c1cccc(O)c1)C1CCCC1. The molecule has 0 aromatic heterocycles. The van der Waals surface area contributed by atoms with E-state index in [2.05, 4.69) is 0 Å². The quantitative estimate of drug-likeness (QED) is 0.854. The van der Waals surface area contributed by atoms with Gasteiger partial charge in [0.1, 0.15) is 5.75 Å². The Morgan fingerprint density at radius 1 is 1.37 bits per heavy atom. The lowest BCUT2D eigenvalue weighted by atomic mass is 10.1. The van der Waals surface area contributed by atoms with Crippen molar-refractivity contribution in [3.05, 3.63) is 29.8 Å². The zero-order chi connectivity index (χ0) is 13.7. The van der Waals surface area contributed by atoms with E-state index in [0.29, 0.717) is 24.7 Å². The molecule has 0 spiro atoms. The van der Waals surface area contributed by atoms with Gasteiger partial charge >= 0.3 is 0 Å². The molecule has 1 aromatic rings. The zero-order valence-electron chi connectivity index (χ0n) is 11.2. The van der Waals surface area contributed by atoms with Crippen LogP contribution in [0, 0.1) is 0 Å². The minimum atomic E-state index is 0.0104. The first-order valence-electron chi connectivity index (χ1n) is 7.02. The second-order valence-corrected chi connectivity index (χ2v) is 5.13. The number of aromatic hydroxyl groups is 1. The van der Waals surface area contributed by atoms with E-state index in [0.717, 1.165) is 19.3 Å². The van der Waals surface area contributed by atoms with Gasteiger partial charge in [-0.2, -0.15) is 0 Å². The average Bonchev–Trinajstić information content (AvgIpc) is 2.93. The number of hydrogen-bond donors (Lipinski definition) is 2. The van der Waals surface area contributed by atoms with Crippen molar-refractivity contribution in [2.45, 2.75) is 38.1 Å². The summed E-state index contributed by atoms with van der Waals surface area (Å²) in [5.74, 6) is 0.146. The minimum Gasteiger partial charge on any atom is -0.508 e. The van der Waals surface area contributed by atoms with E-state index in [1.165, 1.54) is 18.9 Å². The van der Waals surface area contributed by atoms with Gasteiger partial charge in [0.15, 0.2) is 0 Å². The molecule has 0 saturated heterocycles. The van der Waals surface area contributed by atoms with Gasteiger partial charge in [0.25, 0.3) is 5.91 Å². The number of carbonyl (C=O) groups is 1. The molecule has 1 aromatic carbocycles. The maximum Gasteiger partial charge on any atom is 0.254 e. The van der Waals surface area contributed by atoms with E-state index in [9.17, 15) is 9.90 Å². The fourth-order valence-corrected chi connectivity index (χ4v) is 2.73. The van der Waals surface area contributed by atoms with Crippen molar-refractivity contribution in [1.29, 1.82) is 0 Å². The Bertz CT molecular complexity index is 428. The number of rotatable bonds is 5. The fourth-order valence-electron chi connectivity index (χ4n) is 2.73. The highest BCUT2D eigenvalue weighted by molar-refractivity contribution is 5.94. The van der Waals surface area contributed by atoms with E-state index in [-0.39, 0.29) is 11.7 Å². The topological polar surface area (TPSA) is 66.6 Å². The van der Waals surface area contributed by atoms with Crippen LogP contribution in [0.4, 0.5) is 0 Å². The van der Waals surface area contributed by atoms with Crippen LogP contribution < -0.4 is 5.73 Å². The Labute approximate surface area is 114 Å². The van der Waals surface area contributed by atoms with Gasteiger partial charge in [-0.05, 0) is 44.0 Å². The molecule has 1 amide bonds. The maximum absolute atomic E-state index is 12.6. The molecule has 0 bridgehead atoms. The van der Waals surface area contributed by atoms with Crippen LogP contribution in [0.1, 0.15) is 42.5 Å². The van der Waals surface area contributed by atoms with Gasteiger partial charge < -0.3 is 15.7 Å². The molecule has 0 aliphatic heterocycles. The first-order chi connectivity index (χ1) is 9.22. The molecular formula is C15H22N2O2. The minimum absolute atomic E-state index is 0.0104. The maximum atomic E-state index is 12.6. The van der Waals surface area contributed by atoms with Gasteiger partial charge in [0.2, 0.25) is 0 Å². The summed E-state index contributed by atoms with van der Waals surface area (Å²) in [6.07, 6.45) is 5.36. The van der Waals surface area contributed by atoms with E-state index in [4.69, 9.17) is 5.73 Å². The van der Waals surface area contributed by atoms with Gasteiger partial charge in [0, 0.05) is 18.2 Å². The molecule has 4 heteroatoms. The molecule has 1 fully saturated rings. The van der Waals surface area contributed by atoms with Crippen LogP contribution in [0.3, 0.4) is 0 Å². The smallest absolute Gasteiger partial charge is 0.254 e. The summed E-state index contributed by atoms with van der Waals surface area (Å²) in [7, 11) is 0. The predicted molar refractivity (Wildman–Crippen MR) is 75.1 cm³/mol. The highest BCUT2D eigenvalue weighted by Crippen LogP contribution is 2.25. The van der Waals surface area contributed by atoms with Crippen LogP contribution in [0.5, 0.6) is 5.75 Å². The van der Waals surface area contributed by atoms with Crippen LogP contribution in [0.25, 0.3) is 0 Å². The van der Waals surface area contributed by atoms with Gasteiger partial charge in [-0.1, -0.05) is 18.9 Å². The standard InChI is InChI=1S/C15H22N2O2/c16-9-4-10-17(13-6-1-2-7-13)15(19)12-5-3-8-14(18)11-12/h3,5,8,11,13,18H,1-2,4,6-7,9-10,16H2. The lowest BCUT2D eigenvalue weighted by Crippen LogP contribution is -2.40. The highest BCUT2D eigenvalue weighted by Gasteiger charge is 2.26. The molecule has 2 rings (SSSR count). The van der Waals surface area contributed by atoms with Crippen molar-refractivity contribution in [3.63, 3.8) is 0 Å². The van der Waals surface area contributed by atoms with Crippen molar-refractivity contribution < 1.29 is 9.90 Å². The summed E-state index contributed by atoms with van der Waals surface area (Å²) in [5.41, 5.74) is 6.12. The zero-order valence-corrected chi connectivity index (χ0v) is 11.2. The number of benzene rings is 1. The Morgan fingerprint density at radius 2 is 2.11 bits per heavy atom. The predicted octanol–water partition coefficient (Wildman–Crippen LogP) is 2.13. The van der Waals surface area contributed by atoms with E-state index < -0.39 is 0 Å². The molecule has 0 unspecified atom stereocenters. The second-order valence-electron chi connectivity index (χ2n) is 5.13. The van der Waals surface area contributed by atoms with Gasteiger partial charge in [0.05, 0.1) is 0 Å².